The molecule has 3 saturated heterocycles. The summed E-state index contributed by atoms with van der Waals surface area (Å²) in [5.74, 6) is -0.257. The average molecular weight is 439 g/mol. The summed E-state index contributed by atoms with van der Waals surface area (Å²) in [5.41, 5.74) is -0.257. The highest BCUT2D eigenvalue weighted by Gasteiger charge is 2.56. The maximum absolute atomic E-state index is 14.3. The fourth-order valence-corrected chi connectivity index (χ4v) is 5.03. The minimum absolute atomic E-state index is 0.0233. The molecule has 3 fully saturated rings. The molecule has 0 saturated carbocycles. The summed E-state index contributed by atoms with van der Waals surface area (Å²) in [6, 6.07) is 15.4. The van der Waals surface area contributed by atoms with Gasteiger partial charge in [0.2, 0.25) is 0 Å². The van der Waals surface area contributed by atoms with Gasteiger partial charge in [-0.2, -0.15) is 0 Å². The molecule has 168 valence electrons. The molecule has 0 unspecified atom stereocenters. The zero-order valence-corrected chi connectivity index (χ0v) is 17.8. The second-order valence-electron chi connectivity index (χ2n) is 8.66. The number of carbonyl (C=O) groups is 2. The molecule has 3 aliphatic heterocycles. The van der Waals surface area contributed by atoms with Crippen molar-refractivity contribution < 1.29 is 23.5 Å². The number of carbonyl (C=O) groups excluding carboxylic acids is 2. The summed E-state index contributed by atoms with van der Waals surface area (Å²) in [6.45, 7) is 3.86. The van der Waals surface area contributed by atoms with E-state index in [1.54, 1.807) is 21.9 Å². The third kappa shape index (κ3) is 3.84. The summed E-state index contributed by atoms with van der Waals surface area (Å²) in [7, 11) is 0. The first-order chi connectivity index (χ1) is 15.6. The summed E-state index contributed by atoms with van der Waals surface area (Å²) in [6.07, 6.45) is 0. The summed E-state index contributed by atoms with van der Waals surface area (Å²) >= 11 is 0. The van der Waals surface area contributed by atoms with E-state index in [2.05, 4.69) is 4.90 Å². The number of benzene rings is 2. The Kier molecular flexibility index (Phi) is 5.57. The topological polar surface area (TPSA) is 62.3 Å². The Morgan fingerprint density at radius 3 is 2.53 bits per heavy atom. The van der Waals surface area contributed by atoms with Crippen molar-refractivity contribution >= 4 is 11.8 Å². The number of hydrogen-bond donors (Lipinski definition) is 0. The van der Waals surface area contributed by atoms with Gasteiger partial charge in [0, 0.05) is 32.7 Å². The van der Waals surface area contributed by atoms with Crippen LogP contribution in [0.4, 0.5) is 4.39 Å². The average Bonchev–Trinajstić information content (AvgIpc) is 2.81. The molecule has 3 aliphatic rings. The second kappa shape index (κ2) is 8.52. The van der Waals surface area contributed by atoms with E-state index in [0.717, 1.165) is 6.54 Å². The van der Waals surface area contributed by atoms with Crippen molar-refractivity contribution in [3.63, 3.8) is 0 Å². The second-order valence-corrected chi connectivity index (χ2v) is 8.66. The monoisotopic (exact) mass is 439 g/mol. The van der Waals surface area contributed by atoms with Crippen LogP contribution in [0.25, 0.3) is 0 Å². The quantitative estimate of drug-likeness (QED) is 0.725. The number of ether oxygens (including phenoxy) is 2. The summed E-state index contributed by atoms with van der Waals surface area (Å²) in [4.78, 5) is 31.7. The molecule has 1 spiro atoms. The smallest absolute Gasteiger partial charge is 0.260 e. The highest BCUT2D eigenvalue weighted by molar-refractivity contribution is 5.94. The highest BCUT2D eigenvalue weighted by Crippen LogP contribution is 2.36. The van der Waals surface area contributed by atoms with Crippen LogP contribution in [0.5, 0.6) is 5.75 Å². The van der Waals surface area contributed by atoms with Crippen LogP contribution in [-0.2, 0) is 9.53 Å². The van der Waals surface area contributed by atoms with Crippen LogP contribution in [0.3, 0.4) is 0 Å². The van der Waals surface area contributed by atoms with E-state index in [9.17, 15) is 14.0 Å². The van der Waals surface area contributed by atoms with Crippen LogP contribution in [0.1, 0.15) is 10.4 Å². The fourth-order valence-electron chi connectivity index (χ4n) is 5.03. The van der Waals surface area contributed by atoms with Crippen molar-refractivity contribution in [2.24, 2.45) is 0 Å². The Hall–Kier alpha value is -2.97. The third-order valence-electron chi connectivity index (χ3n) is 6.57. The molecule has 3 heterocycles. The SMILES string of the molecule is O=C(COc1ccccc1)N1CC2(C1)CN(C(=O)c1ccccc1F)C[C@@H]1COCCN12. The van der Waals surface area contributed by atoms with Gasteiger partial charge in [0.1, 0.15) is 11.6 Å². The number of para-hydroxylation sites is 1. The van der Waals surface area contributed by atoms with E-state index in [-0.39, 0.29) is 35.6 Å². The molecule has 2 aromatic carbocycles. The van der Waals surface area contributed by atoms with Crippen LogP contribution in [-0.4, -0.2) is 90.6 Å². The normalized spacial score (nSPS) is 22.2. The molecule has 0 radical (unpaired) electrons. The maximum Gasteiger partial charge on any atom is 0.260 e. The molecular formula is C24H26FN3O4. The lowest BCUT2D eigenvalue weighted by molar-refractivity contribution is -0.173. The van der Waals surface area contributed by atoms with Crippen LogP contribution in [0.2, 0.25) is 0 Å². The van der Waals surface area contributed by atoms with Crippen LogP contribution >= 0.6 is 0 Å². The molecule has 8 heteroatoms. The molecule has 0 bridgehead atoms. The van der Waals surface area contributed by atoms with Crippen LogP contribution in [0.15, 0.2) is 54.6 Å². The van der Waals surface area contributed by atoms with Gasteiger partial charge in [-0.15, -0.1) is 0 Å². The molecule has 2 aromatic rings. The van der Waals surface area contributed by atoms with E-state index in [0.29, 0.717) is 45.1 Å². The molecule has 2 amide bonds. The Labute approximate surface area is 186 Å². The predicted molar refractivity (Wildman–Crippen MR) is 115 cm³/mol. The maximum atomic E-state index is 14.3. The van der Waals surface area contributed by atoms with Gasteiger partial charge in [-0.25, -0.2) is 4.39 Å². The van der Waals surface area contributed by atoms with Crippen molar-refractivity contribution in [1.29, 1.82) is 0 Å². The molecule has 7 nitrogen and oxygen atoms in total. The van der Waals surface area contributed by atoms with E-state index in [1.807, 2.05) is 30.3 Å². The molecule has 32 heavy (non-hydrogen) atoms. The number of amides is 2. The number of piperazine rings is 1. The minimum atomic E-state index is -0.516. The standard InChI is InChI=1S/C24H26FN3O4/c25-21-9-5-4-8-20(21)23(30)26-12-18-13-31-11-10-28(18)24(15-26)16-27(17-24)22(29)14-32-19-6-2-1-3-7-19/h1-9,18H,10-17H2/t18-/m1/s1. The summed E-state index contributed by atoms with van der Waals surface area (Å²) in [5, 5.41) is 0. The Morgan fingerprint density at radius 2 is 1.75 bits per heavy atom. The Morgan fingerprint density at radius 1 is 1.03 bits per heavy atom. The molecule has 5 rings (SSSR count). The number of halogens is 1. The van der Waals surface area contributed by atoms with E-state index in [1.165, 1.54) is 12.1 Å². The van der Waals surface area contributed by atoms with E-state index < -0.39 is 5.82 Å². The predicted octanol–water partition coefficient (Wildman–Crippen LogP) is 1.64. The first-order valence-corrected chi connectivity index (χ1v) is 10.9. The van der Waals surface area contributed by atoms with Gasteiger partial charge in [-0.05, 0) is 24.3 Å². The first kappa shape index (κ1) is 20.9. The van der Waals surface area contributed by atoms with Crippen LogP contribution < -0.4 is 4.74 Å². The third-order valence-corrected chi connectivity index (χ3v) is 6.57. The van der Waals surface area contributed by atoms with Crippen molar-refractivity contribution in [3.8, 4) is 5.75 Å². The Balaban J connectivity index is 1.28. The molecule has 0 N–H and O–H groups in total. The number of morpholine rings is 1. The largest absolute Gasteiger partial charge is 0.484 e. The van der Waals surface area contributed by atoms with Gasteiger partial charge < -0.3 is 19.3 Å². The Bertz CT molecular complexity index is 996. The van der Waals surface area contributed by atoms with Gasteiger partial charge in [-0.1, -0.05) is 30.3 Å². The lowest BCUT2D eigenvalue weighted by Gasteiger charge is -2.63. The lowest BCUT2D eigenvalue weighted by atomic mass is 9.82. The van der Waals surface area contributed by atoms with Crippen molar-refractivity contribution in [2.45, 2.75) is 11.6 Å². The van der Waals surface area contributed by atoms with Gasteiger partial charge in [0.15, 0.2) is 6.61 Å². The fraction of sp³-hybridized carbons (Fsp3) is 0.417. The van der Waals surface area contributed by atoms with Gasteiger partial charge in [-0.3, -0.25) is 14.5 Å². The molecule has 0 aliphatic carbocycles. The number of hydrogen-bond acceptors (Lipinski definition) is 5. The zero-order valence-electron chi connectivity index (χ0n) is 17.8. The van der Waals surface area contributed by atoms with Crippen molar-refractivity contribution in [1.82, 2.24) is 14.7 Å². The lowest BCUT2D eigenvalue weighted by Crippen LogP contribution is -2.81. The minimum Gasteiger partial charge on any atom is -0.484 e. The zero-order chi connectivity index (χ0) is 22.1. The number of nitrogens with zero attached hydrogens (tertiary/aromatic N) is 3. The number of rotatable bonds is 4. The van der Waals surface area contributed by atoms with Gasteiger partial charge in [0.25, 0.3) is 11.8 Å². The molecular weight excluding hydrogens is 413 g/mol. The van der Waals surface area contributed by atoms with Gasteiger partial charge >= 0.3 is 0 Å². The van der Waals surface area contributed by atoms with E-state index >= 15 is 0 Å². The molecule has 0 aromatic heterocycles. The molecule has 1 atom stereocenters. The van der Waals surface area contributed by atoms with Gasteiger partial charge in [0.05, 0.1) is 30.4 Å². The highest BCUT2D eigenvalue weighted by atomic mass is 19.1. The van der Waals surface area contributed by atoms with E-state index in [4.69, 9.17) is 9.47 Å². The number of fused-ring (bicyclic) bond motifs is 2. The first-order valence-electron chi connectivity index (χ1n) is 10.9. The van der Waals surface area contributed by atoms with Crippen molar-refractivity contribution in [3.05, 3.63) is 66.0 Å². The summed E-state index contributed by atoms with van der Waals surface area (Å²) < 4.78 is 25.5. The van der Waals surface area contributed by atoms with Crippen molar-refractivity contribution in [2.75, 3.05) is 52.5 Å². The van der Waals surface area contributed by atoms with Crippen LogP contribution in [0, 0.1) is 5.82 Å². The number of likely N-dealkylation sites (tertiary alicyclic amines) is 1.